The summed E-state index contributed by atoms with van der Waals surface area (Å²) in [7, 11) is 5.55. The lowest BCUT2D eigenvalue weighted by Crippen LogP contribution is -2.43. The Kier molecular flexibility index (Phi) is 5.90. The highest BCUT2D eigenvalue weighted by atomic mass is 16.3. The molecule has 0 aliphatic carbocycles. The number of rotatable bonds is 6. The average molecular weight is 463 g/mol. The maximum Gasteiger partial charge on any atom is 0.246 e. The molecule has 0 amide bonds. The van der Waals surface area contributed by atoms with Crippen LogP contribution in [0.2, 0.25) is 0 Å². The maximum atomic E-state index is 10.9. The fraction of sp³-hybridized carbons (Fsp3) is 0.391. The Labute approximate surface area is 198 Å². The number of nitrogens with one attached hydrogen (secondary N) is 2. The first-order chi connectivity index (χ1) is 16.4. The van der Waals surface area contributed by atoms with E-state index in [1.165, 1.54) is 0 Å². The van der Waals surface area contributed by atoms with Gasteiger partial charge in [-0.1, -0.05) is 0 Å². The molecule has 1 fully saturated rings. The van der Waals surface area contributed by atoms with E-state index >= 15 is 0 Å². The highest BCUT2D eigenvalue weighted by molar-refractivity contribution is 5.72. The summed E-state index contributed by atoms with van der Waals surface area (Å²) < 4.78 is 3.57. The Bertz CT molecular complexity index is 1290. The van der Waals surface area contributed by atoms with Crippen molar-refractivity contribution in [2.24, 2.45) is 7.05 Å². The predicted molar refractivity (Wildman–Crippen MR) is 131 cm³/mol. The standard InChI is InChI=1S/C23H30N10O/c1-15-19(14-31(4)28-15)21-18(22(34)30(2)3)11-17-13-26-23(29-33(17)21)27-20-6-5-16(12-25-20)32-9-7-24-8-10-32/h5-6,11-14,22,24,34H,7-10H2,1-4H3,(H,25,27,29). The smallest absolute Gasteiger partial charge is 0.246 e. The SMILES string of the molecule is Cc1nn(C)cc1-c1c(C(O)N(C)C)cc2cnc(Nc3ccc(N4CCNCC4)cn3)nn12. The predicted octanol–water partition coefficient (Wildman–Crippen LogP) is 1.54. The summed E-state index contributed by atoms with van der Waals surface area (Å²) in [6.45, 7) is 5.85. The highest BCUT2D eigenvalue weighted by Crippen LogP contribution is 2.33. The fourth-order valence-corrected chi connectivity index (χ4v) is 4.31. The van der Waals surface area contributed by atoms with Gasteiger partial charge in [0.05, 0.1) is 35.0 Å². The van der Waals surface area contributed by atoms with E-state index in [0.717, 1.165) is 59.9 Å². The van der Waals surface area contributed by atoms with Gasteiger partial charge in [-0.05, 0) is 39.2 Å². The van der Waals surface area contributed by atoms with Gasteiger partial charge in [-0.2, -0.15) is 5.10 Å². The molecular formula is C23H30N10O. The highest BCUT2D eigenvalue weighted by Gasteiger charge is 2.24. The first kappa shape index (κ1) is 22.3. The molecule has 5 rings (SSSR count). The molecule has 11 heteroatoms. The molecule has 0 saturated carbocycles. The third-order valence-electron chi connectivity index (χ3n) is 6.05. The number of hydrogen-bond acceptors (Lipinski definition) is 9. The summed E-state index contributed by atoms with van der Waals surface area (Å²) in [5.74, 6) is 1.08. The molecule has 1 unspecified atom stereocenters. The zero-order valence-corrected chi connectivity index (χ0v) is 19.9. The monoisotopic (exact) mass is 462 g/mol. The van der Waals surface area contributed by atoms with E-state index in [1.54, 1.807) is 20.3 Å². The van der Waals surface area contributed by atoms with Crippen LogP contribution in [0.15, 0.2) is 36.8 Å². The fourth-order valence-electron chi connectivity index (χ4n) is 4.31. The molecule has 4 aromatic heterocycles. The van der Waals surface area contributed by atoms with Gasteiger partial charge in [0.25, 0.3) is 0 Å². The minimum atomic E-state index is -0.799. The second kappa shape index (κ2) is 9.01. The number of anilines is 3. The molecule has 0 spiro atoms. The number of aliphatic hydroxyl groups is 1. The van der Waals surface area contributed by atoms with Crippen LogP contribution in [0.4, 0.5) is 17.5 Å². The molecule has 3 N–H and O–H groups in total. The van der Waals surface area contributed by atoms with Gasteiger partial charge in [-0.25, -0.2) is 14.5 Å². The van der Waals surface area contributed by atoms with Gasteiger partial charge in [-0.15, -0.1) is 5.10 Å². The summed E-state index contributed by atoms with van der Waals surface area (Å²) in [5.41, 5.74) is 5.17. The number of nitrogens with zero attached hydrogens (tertiary/aromatic N) is 8. The van der Waals surface area contributed by atoms with Crippen molar-refractivity contribution in [3.8, 4) is 11.3 Å². The van der Waals surface area contributed by atoms with Crippen LogP contribution in [0, 0.1) is 6.92 Å². The Hall–Kier alpha value is -3.54. The lowest BCUT2D eigenvalue weighted by atomic mass is 10.1. The number of fused-ring (bicyclic) bond motifs is 1. The Balaban J connectivity index is 1.50. The number of aromatic nitrogens is 6. The number of aliphatic hydroxyl groups excluding tert-OH is 1. The van der Waals surface area contributed by atoms with Crippen LogP contribution < -0.4 is 15.5 Å². The van der Waals surface area contributed by atoms with E-state index in [-0.39, 0.29) is 0 Å². The summed E-state index contributed by atoms with van der Waals surface area (Å²) in [6.07, 6.45) is 4.75. The lowest BCUT2D eigenvalue weighted by molar-refractivity contribution is 0.0401. The van der Waals surface area contributed by atoms with E-state index in [9.17, 15) is 5.11 Å². The minimum absolute atomic E-state index is 0.416. The minimum Gasteiger partial charge on any atom is -0.374 e. The first-order valence-electron chi connectivity index (χ1n) is 11.3. The van der Waals surface area contributed by atoms with Gasteiger partial charge in [0.15, 0.2) is 0 Å². The lowest BCUT2D eigenvalue weighted by Gasteiger charge is -2.29. The summed E-state index contributed by atoms with van der Waals surface area (Å²) in [4.78, 5) is 13.1. The largest absolute Gasteiger partial charge is 0.374 e. The van der Waals surface area contributed by atoms with Crippen LogP contribution in [-0.2, 0) is 7.05 Å². The van der Waals surface area contributed by atoms with Gasteiger partial charge < -0.3 is 20.6 Å². The van der Waals surface area contributed by atoms with Gasteiger partial charge >= 0.3 is 0 Å². The van der Waals surface area contributed by atoms with Crippen molar-refractivity contribution in [2.45, 2.75) is 13.2 Å². The Morgan fingerprint density at radius 2 is 1.91 bits per heavy atom. The first-order valence-corrected chi connectivity index (χ1v) is 11.3. The summed E-state index contributed by atoms with van der Waals surface area (Å²) in [6, 6.07) is 5.91. The van der Waals surface area contributed by atoms with Crippen molar-refractivity contribution in [2.75, 3.05) is 50.5 Å². The molecule has 5 heterocycles. The zero-order chi connectivity index (χ0) is 23.8. The maximum absolute atomic E-state index is 10.9. The second-order valence-electron chi connectivity index (χ2n) is 8.77. The topological polar surface area (TPSA) is 112 Å². The molecule has 0 radical (unpaired) electrons. The Morgan fingerprint density at radius 1 is 1.12 bits per heavy atom. The molecule has 1 aliphatic heterocycles. The molecular weight excluding hydrogens is 432 g/mol. The summed E-state index contributed by atoms with van der Waals surface area (Å²) >= 11 is 0. The molecule has 178 valence electrons. The number of aryl methyl sites for hydroxylation is 2. The molecule has 1 aliphatic rings. The molecule has 11 nitrogen and oxygen atoms in total. The average Bonchev–Trinajstić information content (AvgIpc) is 3.37. The van der Waals surface area contributed by atoms with Crippen LogP contribution in [0.3, 0.4) is 0 Å². The van der Waals surface area contributed by atoms with Crippen molar-refractivity contribution in [3.63, 3.8) is 0 Å². The van der Waals surface area contributed by atoms with Gasteiger partial charge in [0, 0.05) is 50.6 Å². The third kappa shape index (κ3) is 4.20. The van der Waals surface area contributed by atoms with E-state index in [0.29, 0.717) is 11.8 Å². The van der Waals surface area contributed by atoms with Gasteiger partial charge in [0.1, 0.15) is 12.0 Å². The Morgan fingerprint density at radius 3 is 2.56 bits per heavy atom. The molecule has 0 aromatic carbocycles. The normalized spacial score (nSPS) is 15.3. The number of piperazine rings is 1. The van der Waals surface area contributed by atoms with Gasteiger partial charge in [0.2, 0.25) is 5.95 Å². The molecule has 0 bridgehead atoms. The number of hydrogen-bond donors (Lipinski definition) is 3. The van der Waals surface area contributed by atoms with E-state index < -0.39 is 6.23 Å². The van der Waals surface area contributed by atoms with E-state index in [4.69, 9.17) is 5.10 Å². The molecule has 1 atom stereocenters. The van der Waals surface area contributed by atoms with E-state index in [1.807, 2.05) is 52.6 Å². The quantitative estimate of drug-likeness (QED) is 0.367. The van der Waals surface area contributed by atoms with E-state index in [2.05, 4.69) is 36.7 Å². The van der Waals surface area contributed by atoms with Crippen molar-refractivity contribution >= 4 is 23.0 Å². The number of pyridine rings is 1. The van der Waals surface area contributed by atoms with Crippen molar-refractivity contribution in [1.82, 2.24) is 39.6 Å². The second-order valence-corrected chi connectivity index (χ2v) is 8.77. The molecule has 1 saturated heterocycles. The van der Waals surface area contributed by atoms with Crippen molar-refractivity contribution in [1.29, 1.82) is 0 Å². The molecule has 4 aromatic rings. The zero-order valence-electron chi connectivity index (χ0n) is 19.9. The van der Waals surface area contributed by atoms with Crippen LogP contribution in [-0.4, -0.2) is 79.6 Å². The van der Waals surface area contributed by atoms with Crippen molar-refractivity contribution < 1.29 is 5.11 Å². The van der Waals surface area contributed by atoms with Crippen LogP contribution >= 0.6 is 0 Å². The van der Waals surface area contributed by atoms with Crippen molar-refractivity contribution in [3.05, 3.63) is 48.0 Å². The molecule has 34 heavy (non-hydrogen) atoms. The summed E-state index contributed by atoms with van der Waals surface area (Å²) in [5, 5.41) is 26.7. The van der Waals surface area contributed by atoms with Crippen LogP contribution in [0.1, 0.15) is 17.5 Å². The van der Waals surface area contributed by atoms with Crippen LogP contribution in [0.5, 0.6) is 0 Å². The third-order valence-corrected chi connectivity index (χ3v) is 6.05. The van der Waals surface area contributed by atoms with Gasteiger partial charge in [-0.3, -0.25) is 9.58 Å². The van der Waals surface area contributed by atoms with Crippen LogP contribution in [0.25, 0.3) is 16.8 Å².